The molecule has 1 nitrogen and oxygen atoms in total. The Bertz CT molecular complexity index is 330. The minimum absolute atomic E-state index is 0.417. The summed E-state index contributed by atoms with van der Waals surface area (Å²) in [6.45, 7) is 0. The van der Waals surface area contributed by atoms with Gasteiger partial charge >= 0.3 is 6.18 Å². The number of halogens is 5. The fourth-order valence-electron chi connectivity index (χ4n) is 0.810. The van der Waals surface area contributed by atoms with E-state index in [0.29, 0.717) is 12.1 Å². The van der Waals surface area contributed by atoms with E-state index in [4.69, 9.17) is 5.11 Å². The highest BCUT2D eigenvalue weighted by atomic mass is 19.4. The summed E-state index contributed by atoms with van der Waals surface area (Å²) in [5.74, 6) is -5.07. The maximum absolute atomic E-state index is 12.5. The highest BCUT2D eigenvalue weighted by Gasteiger charge is 2.38. The Morgan fingerprint density at radius 2 is 1.62 bits per heavy atom. The average molecular weight is 198 g/mol. The maximum atomic E-state index is 12.5. The summed E-state index contributed by atoms with van der Waals surface area (Å²) in [6, 6.07) is 0.862. The van der Waals surface area contributed by atoms with Crippen LogP contribution in [0.4, 0.5) is 22.0 Å². The van der Waals surface area contributed by atoms with E-state index in [2.05, 4.69) is 0 Å². The molecule has 0 aliphatic carbocycles. The van der Waals surface area contributed by atoms with Crippen LogP contribution in [-0.2, 0) is 6.18 Å². The number of hydrogen-bond donors (Lipinski definition) is 1. The molecule has 0 spiro atoms. The molecule has 1 aromatic carbocycles. The molecule has 0 atom stereocenters. The molecule has 0 amide bonds. The van der Waals surface area contributed by atoms with Crippen LogP contribution >= 0.6 is 0 Å². The largest absolute Gasteiger partial charge is 0.507 e. The lowest BCUT2D eigenvalue weighted by atomic mass is 10.2. The molecule has 0 unspecified atom stereocenters. The molecule has 0 radical (unpaired) electrons. The van der Waals surface area contributed by atoms with E-state index in [1.54, 1.807) is 0 Å². The zero-order valence-corrected chi connectivity index (χ0v) is 5.99. The van der Waals surface area contributed by atoms with Crippen LogP contribution in [0.15, 0.2) is 12.1 Å². The Hall–Kier alpha value is -1.33. The van der Waals surface area contributed by atoms with Crippen molar-refractivity contribution >= 4 is 0 Å². The monoisotopic (exact) mass is 198 g/mol. The number of phenolic OH excluding ortho intramolecular Hbond substituents is 1. The lowest BCUT2D eigenvalue weighted by molar-refractivity contribution is -0.141. The number of alkyl halides is 3. The van der Waals surface area contributed by atoms with Crippen molar-refractivity contribution in [2.45, 2.75) is 6.18 Å². The predicted molar refractivity (Wildman–Crippen MR) is 33.0 cm³/mol. The number of hydrogen-bond acceptors (Lipinski definition) is 1. The summed E-state index contributed by atoms with van der Waals surface area (Å²) in [5, 5.41) is 8.62. The molecule has 0 fully saturated rings. The van der Waals surface area contributed by atoms with Gasteiger partial charge in [-0.2, -0.15) is 13.2 Å². The van der Waals surface area contributed by atoms with Crippen LogP contribution in [0, 0.1) is 11.6 Å². The van der Waals surface area contributed by atoms with Crippen LogP contribution < -0.4 is 0 Å². The first-order valence-corrected chi connectivity index (χ1v) is 3.08. The normalized spacial score (nSPS) is 11.8. The van der Waals surface area contributed by atoms with E-state index < -0.39 is 29.1 Å². The molecule has 1 N–H and O–H groups in total. The van der Waals surface area contributed by atoms with E-state index >= 15 is 0 Å². The second-order valence-electron chi connectivity index (χ2n) is 2.25. The molecule has 0 saturated heterocycles. The van der Waals surface area contributed by atoms with E-state index in [1.807, 2.05) is 0 Å². The zero-order valence-electron chi connectivity index (χ0n) is 5.99. The third kappa shape index (κ3) is 1.71. The van der Waals surface area contributed by atoms with Crippen LogP contribution in [0.25, 0.3) is 0 Å². The molecule has 13 heavy (non-hydrogen) atoms. The second-order valence-corrected chi connectivity index (χ2v) is 2.25. The summed E-state index contributed by atoms with van der Waals surface area (Å²) >= 11 is 0. The molecule has 1 aromatic rings. The van der Waals surface area contributed by atoms with E-state index in [1.165, 1.54) is 0 Å². The van der Waals surface area contributed by atoms with Crippen molar-refractivity contribution in [1.29, 1.82) is 0 Å². The van der Waals surface area contributed by atoms with Crippen LogP contribution in [0.3, 0.4) is 0 Å². The first-order valence-electron chi connectivity index (χ1n) is 3.08. The third-order valence-corrected chi connectivity index (χ3v) is 1.36. The van der Waals surface area contributed by atoms with Crippen LogP contribution in [0.2, 0.25) is 0 Å². The van der Waals surface area contributed by atoms with Gasteiger partial charge in [0.15, 0.2) is 11.6 Å². The lowest BCUT2D eigenvalue weighted by Gasteiger charge is -2.09. The summed E-state index contributed by atoms with van der Waals surface area (Å²) in [6.07, 6.45) is -5.10. The highest BCUT2D eigenvalue weighted by Crippen LogP contribution is 2.38. The Kier molecular flexibility index (Phi) is 2.15. The number of aromatic hydroxyl groups is 1. The lowest BCUT2D eigenvalue weighted by Crippen LogP contribution is -2.09. The Labute approximate surface area is 69.4 Å². The molecule has 0 bridgehead atoms. The molecule has 1 rings (SSSR count). The van der Waals surface area contributed by atoms with Gasteiger partial charge in [-0.15, -0.1) is 0 Å². The van der Waals surface area contributed by atoms with Crippen LogP contribution in [-0.4, -0.2) is 5.11 Å². The predicted octanol–water partition coefficient (Wildman–Crippen LogP) is 2.69. The van der Waals surface area contributed by atoms with Crippen molar-refractivity contribution < 1.29 is 27.1 Å². The second kappa shape index (κ2) is 2.86. The van der Waals surface area contributed by atoms with E-state index in [0.717, 1.165) is 0 Å². The Balaban J connectivity index is 3.43. The standard InChI is InChI=1S/C7H3F5O/c8-3-1-2-4(13)5(6(3)9)7(10,11)12/h1-2,13H. The molecule has 0 aromatic heterocycles. The van der Waals surface area contributed by atoms with Gasteiger partial charge in [-0.25, -0.2) is 8.78 Å². The van der Waals surface area contributed by atoms with Crippen LogP contribution in [0.5, 0.6) is 5.75 Å². The Morgan fingerprint density at radius 3 is 2.00 bits per heavy atom. The molecular formula is C7H3F5O. The number of phenols is 1. The summed E-state index contributed by atoms with van der Waals surface area (Å²) in [5.41, 5.74) is -1.98. The molecule has 72 valence electrons. The number of rotatable bonds is 0. The van der Waals surface area contributed by atoms with Crippen molar-refractivity contribution in [3.8, 4) is 5.75 Å². The number of benzene rings is 1. The van der Waals surface area contributed by atoms with Crippen molar-refractivity contribution in [1.82, 2.24) is 0 Å². The van der Waals surface area contributed by atoms with E-state index in [9.17, 15) is 22.0 Å². The minimum Gasteiger partial charge on any atom is -0.507 e. The quantitative estimate of drug-likeness (QED) is 0.635. The molecule has 0 aliphatic heterocycles. The van der Waals surface area contributed by atoms with Gasteiger partial charge in [-0.05, 0) is 12.1 Å². The van der Waals surface area contributed by atoms with Gasteiger partial charge in [0.25, 0.3) is 0 Å². The SMILES string of the molecule is Oc1ccc(F)c(F)c1C(F)(F)F. The van der Waals surface area contributed by atoms with Gasteiger partial charge < -0.3 is 5.11 Å². The Morgan fingerprint density at radius 1 is 1.08 bits per heavy atom. The maximum Gasteiger partial charge on any atom is 0.422 e. The van der Waals surface area contributed by atoms with E-state index in [-0.39, 0.29) is 0 Å². The fraction of sp³-hybridized carbons (Fsp3) is 0.143. The summed E-state index contributed by atoms with van der Waals surface area (Å²) in [4.78, 5) is 0. The first kappa shape index (κ1) is 9.76. The smallest absolute Gasteiger partial charge is 0.422 e. The van der Waals surface area contributed by atoms with Gasteiger partial charge in [0.1, 0.15) is 11.3 Å². The van der Waals surface area contributed by atoms with Crippen molar-refractivity contribution in [2.75, 3.05) is 0 Å². The molecule has 6 heteroatoms. The van der Waals surface area contributed by atoms with Gasteiger partial charge in [-0.3, -0.25) is 0 Å². The summed E-state index contributed by atoms with van der Waals surface area (Å²) < 4.78 is 60.6. The summed E-state index contributed by atoms with van der Waals surface area (Å²) in [7, 11) is 0. The van der Waals surface area contributed by atoms with Gasteiger partial charge in [0.05, 0.1) is 0 Å². The zero-order chi connectivity index (χ0) is 10.2. The molecule has 0 aliphatic rings. The highest BCUT2D eigenvalue weighted by molar-refractivity contribution is 5.36. The molecular weight excluding hydrogens is 195 g/mol. The van der Waals surface area contributed by atoms with Gasteiger partial charge in [-0.1, -0.05) is 0 Å². The van der Waals surface area contributed by atoms with Crippen molar-refractivity contribution in [2.24, 2.45) is 0 Å². The molecule has 0 heterocycles. The third-order valence-electron chi connectivity index (χ3n) is 1.36. The molecule has 0 saturated carbocycles. The van der Waals surface area contributed by atoms with Crippen molar-refractivity contribution in [3.63, 3.8) is 0 Å². The van der Waals surface area contributed by atoms with Gasteiger partial charge in [0, 0.05) is 0 Å². The topological polar surface area (TPSA) is 20.2 Å². The van der Waals surface area contributed by atoms with Gasteiger partial charge in [0.2, 0.25) is 0 Å². The van der Waals surface area contributed by atoms with Crippen LogP contribution in [0.1, 0.15) is 5.56 Å². The minimum atomic E-state index is -5.10. The first-order chi connectivity index (χ1) is 5.84. The van der Waals surface area contributed by atoms with Crippen molar-refractivity contribution in [3.05, 3.63) is 29.3 Å². The average Bonchev–Trinajstić information content (AvgIpc) is 1.95. The fourth-order valence-corrected chi connectivity index (χ4v) is 0.810.